The van der Waals surface area contributed by atoms with Crippen LogP contribution < -0.4 is 4.90 Å². The third-order valence-corrected chi connectivity index (χ3v) is 5.21. The van der Waals surface area contributed by atoms with Gasteiger partial charge in [0.2, 0.25) is 0 Å². The number of piperidine rings is 1. The van der Waals surface area contributed by atoms with Crippen molar-refractivity contribution in [2.24, 2.45) is 5.92 Å². The molecular formula is C19H24N4O. The van der Waals surface area contributed by atoms with Gasteiger partial charge in [-0.2, -0.15) is 0 Å². The van der Waals surface area contributed by atoms with Crippen LogP contribution in [0.25, 0.3) is 10.9 Å². The molecule has 1 aromatic carbocycles. The van der Waals surface area contributed by atoms with Gasteiger partial charge in [-0.05, 0) is 49.8 Å². The molecule has 1 aromatic heterocycles. The standard InChI is InChI=1S/C19H24N4O/c1-14-5-4-10-23(12-14)19(24)15-6-7-17-16(11-15)18(21-13-20-17)22-8-2-3-9-22/h6-7,11,13-14H,2-5,8-10,12H2,1H3/t14-/m1/s1. The Morgan fingerprint density at radius 3 is 2.75 bits per heavy atom. The highest BCUT2D eigenvalue weighted by molar-refractivity contribution is 6.00. The van der Waals surface area contributed by atoms with Gasteiger partial charge in [0, 0.05) is 37.1 Å². The minimum absolute atomic E-state index is 0.139. The normalized spacial score (nSPS) is 21.5. The van der Waals surface area contributed by atoms with E-state index < -0.39 is 0 Å². The van der Waals surface area contributed by atoms with E-state index in [1.165, 1.54) is 19.3 Å². The Morgan fingerprint density at radius 1 is 1.12 bits per heavy atom. The topological polar surface area (TPSA) is 49.3 Å². The second kappa shape index (κ2) is 6.38. The molecule has 2 saturated heterocycles. The van der Waals surface area contributed by atoms with Crippen molar-refractivity contribution in [3.05, 3.63) is 30.1 Å². The zero-order valence-corrected chi connectivity index (χ0v) is 14.2. The summed E-state index contributed by atoms with van der Waals surface area (Å²) in [4.78, 5) is 26.1. The number of hydrogen-bond donors (Lipinski definition) is 0. The van der Waals surface area contributed by atoms with E-state index in [1.54, 1.807) is 6.33 Å². The third kappa shape index (κ3) is 2.83. The molecule has 1 amide bonds. The monoisotopic (exact) mass is 324 g/mol. The predicted molar refractivity (Wildman–Crippen MR) is 95.3 cm³/mol. The van der Waals surface area contributed by atoms with E-state index in [0.29, 0.717) is 5.92 Å². The molecular weight excluding hydrogens is 300 g/mol. The fraction of sp³-hybridized carbons (Fsp3) is 0.526. The van der Waals surface area contributed by atoms with Crippen molar-refractivity contribution in [3.8, 4) is 0 Å². The number of likely N-dealkylation sites (tertiary alicyclic amines) is 1. The SMILES string of the molecule is C[C@@H]1CCCN(C(=O)c2ccc3ncnc(N4CCCC4)c3c2)C1. The van der Waals surface area contributed by atoms with Crippen LogP contribution in [0.3, 0.4) is 0 Å². The maximum Gasteiger partial charge on any atom is 0.253 e. The first-order valence-electron chi connectivity index (χ1n) is 9.01. The van der Waals surface area contributed by atoms with Crippen molar-refractivity contribution in [2.75, 3.05) is 31.1 Å². The Labute approximate surface area is 142 Å². The summed E-state index contributed by atoms with van der Waals surface area (Å²) in [6.07, 6.45) is 6.35. The molecule has 0 radical (unpaired) electrons. The summed E-state index contributed by atoms with van der Waals surface area (Å²) in [5, 5.41) is 0.996. The van der Waals surface area contributed by atoms with Gasteiger partial charge in [-0.3, -0.25) is 4.79 Å². The van der Waals surface area contributed by atoms with Crippen molar-refractivity contribution in [1.82, 2.24) is 14.9 Å². The van der Waals surface area contributed by atoms with Crippen molar-refractivity contribution in [3.63, 3.8) is 0 Å². The molecule has 126 valence electrons. The quantitative estimate of drug-likeness (QED) is 0.852. The first-order valence-corrected chi connectivity index (χ1v) is 9.01. The smallest absolute Gasteiger partial charge is 0.253 e. The van der Waals surface area contributed by atoms with Crippen LogP contribution in [0, 0.1) is 5.92 Å². The highest BCUT2D eigenvalue weighted by atomic mass is 16.2. The lowest BCUT2D eigenvalue weighted by Gasteiger charge is -2.31. The van der Waals surface area contributed by atoms with E-state index in [2.05, 4.69) is 21.8 Å². The van der Waals surface area contributed by atoms with Gasteiger partial charge in [0.15, 0.2) is 0 Å². The van der Waals surface area contributed by atoms with Crippen molar-refractivity contribution in [1.29, 1.82) is 0 Å². The fourth-order valence-electron chi connectivity index (χ4n) is 3.91. The van der Waals surface area contributed by atoms with E-state index in [0.717, 1.165) is 54.9 Å². The third-order valence-electron chi connectivity index (χ3n) is 5.21. The van der Waals surface area contributed by atoms with E-state index in [1.807, 2.05) is 23.1 Å². The summed E-state index contributed by atoms with van der Waals surface area (Å²) < 4.78 is 0. The Hall–Kier alpha value is -2.17. The van der Waals surface area contributed by atoms with Crippen LogP contribution in [0.4, 0.5) is 5.82 Å². The molecule has 0 saturated carbocycles. The number of rotatable bonds is 2. The number of nitrogens with zero attached hydrogens (tertiary/aromatic N) is 4. The fourth-order valence-corrected chi connectivity index (χ4v) is 3.91. The lowest BCUT2D eigenvalue weighted by Crippen LogP contribution is -2.39. The van der Waals surface area contributed by atoms with Gasteiger partial charge in [-0.1, -0.05) is 6.92 Å². The first-order chi connectivity index (χ1) is 11.7. The van der Waals surface area contributed by atoms with Crippen LogP contribution in [-0.4, -0.2) is 47.0 Å². The van der Waals surface area contributed by atoms with Gasteiger partial charge >= 0.3 is 0 Å². The molecule has 1 atom stereocenters. The Kier molecular flexibility index (Phi) is 4.08. The number of hydrogen-bond acceptors (Lipinski definition) is 4. The van der Waals surface area contributed by atoms with Crippen molar-refractivity contribution < 1.29 is 4.79 Å². The molecule has 0 bridgehead atoms. The molecule has 3 heterocycles. The molecule has 5 heteroatoms. The van der Waals surface area contributed by atoms with Crippen LogP contribution in [0.5, 0.6) is 0 Å². The second-order valence-corrected chi connectivity index (χ2v) is 7.12. The van der Waals surface area contributed by atoms with Crippen molar-refractivity contribution >= 4 is 22.6 Å². The molecule has 2 aliphatic heterocycles. The number of amides is 1. The molecule has 5 nitrogen and oxygen atoms in total. The van der Waals surface area contributed by atoms with Gasteiger partial charge in [-0.15, -0.1) is 0 Å². The van der Waals surface area contributed by atoms with Gasteiger partial charge in [0.1, 0.15) is 12.1 Å². The van der Waals surface area contributed by atoms with Gasteiger partial charge < -0.3 is 9.80 Å². The summed E-state index contributed by atoms with van der Waals surface area (Å²) in [7, 11) is 0. The summed E-state index contributed by atoms with van der Waals surface area (Å²) in [5.41, 5.74) is 1.67. The summed E-state index contributed by atoms with van der Waals surface area (Å²) >= 11 is 0. The van der Waals surface area contributed by atoms with Crippen LogP contribution in [-0.2, 0) is 0 Å². The number of benzene rings is 1. The minimum Gasteiger partial charge on any atom is -0.356 e. The summed E-state index contributed by atoms with van der Waals surface area (Å²) in [5.74, 6) is 1.70. The zero-order chi connectivity index (χ0) is 16.5. The summed E-state index contributed by atoms with van der Waals surface area (Å²) in [6.45, 7) is 6.02. The maximum absolute atomic E-state index is 12.9. The van der Waals surface area contributed by atoms with Gasteiger partial charge in [-0.25, -0.2) is 9.97 Å². The molecule has 0 unspecified atom stereocenters. The van der Waals surface area contributed by atoms with Crippen molar-refractivity contribution in [2.45, 2.75) is 32.6 Å². The van der Waals surface area contributed by atoms with E-state index in [-0.39, 0.29) is 5.91 Å². The largest absolute Gasteiger partial charge is 0.356 e. The lowest BCUT2D eigenvalue weighted by molar-refractivity contribution is 0.0683. The van der Waals surface area contributed by atoms with Crippen LogP contribution >= 0.6 is 0 Å². The number of fused-ring (bicyclic) bond motifs is 1. The molecule has 0 spiro atoms. The highest BCUT2D eigenvalue weighted by Crippen LogP contribution is 2.27. The molecule has 0 N–H and O–H groups in total. The molecule has 2 aliphatic rings. The molecule has 2 fully saturated rings. The van der Waals surface area contributed by atoms with Crippen LogP contribution in [0.1, 0.15) is 43.0 Å². The van der Waals surface area contributed by atoms with Gasteiger partial charge in [0.05, 0.1) is 5.52 Å². The number of carbonyl (C=O) groups is 1. The number of aromatic nitrogens is 2. The Balaban J connectivity index is 1.69. The number of carbonyl (C=O) groups excluding carboxylic acids is 1. The average Bonchev–Trinajstić information content (AvgIpc) is 3.14. The van der Waals surface area contributed by atoms with E-state index in [4.69, 9.17) is 0 Å². The predicted octanol–water partition coefficient (Wildman–Crippen LogP) is 3.10. The Bertz CT molecular complexity index is 754. The second-order valence-electron chi connectivity index (χ2n) is 7.12. The lowest BCUT2D eigenvalue weighted by atomic mass is 9.99. The molecule has 2 aromatic rings. The molecule has 24 heavy (non-hydrogen) atoms. The maximum atomic E-state index is 12.9. The zero-order valence-electron chi connectivity index (χ0n) is 14.2. The van der Waals surface area contributed by atoms with E-state index in [9.17, 15) is 4.79 Å². The average molecular weight is 324 g/mol. The van der Waals surface area contributed by atoms with Crippen LogP contribution in [0.15, 0.2) is 24.5 Å². The molecule has 4 rings (SSSR count). The minimum atomic E-state index is 0.139. The summed E-state index contributed by atoms with van der Waals surface area (Å²) in [6, 6.07) is 5.85. The highest BCUT2D eigenvalue weighted by Gasteiger charge is 2.23. The number of anilines is 1. The Morgan fingerprint density at radius 2 is 1.96 bits per heavy atom. The van der Waals surface area contributed by atoms with E-state index >= 15 is 0 Å². The first kappa shape index (κ1) is 15.4. The van der Waals surface area contributed by atoms with Gasteiger partial charge in [0.25, 0.3) is 5.91 Å². The molecule has 0 aliphatic carbocycles. The van der Waals surface area contributed by atoms with Crippen LogP contribution in [0.2, 0.25) is 0 Å².